The van der Waals surface area contributed by atoms with Crippen molar-refractivity contribution in [1.29, 1.82) is 0 Å². The van der Waals surface area contributed by atoms with Crippen molar-refractivity contribution in [2.45, 2.75) is 116 Å². The zero-order valence-electron chi connectivity index (χ0n) is 44.9. The number of anilines is 4. The molecule has 6 heteroatoms. The van der Waals surface area contributed by atoms with Crippen LogP contribution in [0.2, 0.25) is 11.5 Å². The molecule has 0 unspecified atom stereocenters. The summed E-state index contributed by atoms with van der Waals surface area (Å²) in [6.45, 7) is 28.4. The van der Waals surface area contributed by atoms with Gasteiger partial charge in [-0.05, 0) is 56.2 Å². The second-order valence-corrected chi connectivity index (χ2v) is 34.2. The minimum Gasteiger partial charge on any atom is -0.0561 e. The van der Waals surface area contributed by atoms with Crippen LogP contribution in [0.25, 0.3) is 49.9 Å². The molecule has 0 bridgehead atoms. The molecule has 4 heterocycles. The molecule has 5 nitrogen and oxygen atoms in total. The fraction of sp³-hybridized carbons (Fsp3) is 0.288. The molecule has 11 rings (SSSR count). The van der Waals surface area contributed by atoms with E-state index in [0.29, 0.717) is 6.67 Å². The molecule has 2 aliphatic rings. The molecule has 7 aromatic carbocycles. The van der Waals surface area contributed by atoms with E-state index in [4.69, 9.17) is 9.72 Å². The van der Waals surface area contributed by atoms with Crippen LogP contribution >= 0.6 is 0 Å². The molecule has 0 fully saturated rings. The molecule has 9 aromatic rings. The maximum Gasteiger partial charge on any atom is -0.0132 e. The van der Waals surface area contributed by atoms with E-state index in [1.54, 1.807) is 0 Å². The summed E-state index contributed by atoms with van der Waals surface area (Å²) in [7, 11) is 0. The van der Waals surface area contributed by atoms with Gasteiger partial charge < -0.3 is 0 Å². The number of hydrogen-bond acceptors (Lipinski definition) is 4. The molecule has 0 N–H and O–H groups in total. The van der Waals surface area contributed by atoms with Crippen molar-refractivity contribution >= 4 is 66.6 Å². The number of fused-ring (bicyclic) bond motifs is 1. The minimum atomic E-state index is -2.69. The van der Waals surface area contributed by atoms with Crippen LogP contribution in [0, 0.1) is 0 Å². The molecule has 0 spiro atoms. The number of aromatic nitrogens is 2. The fourth-order valence-electron chi connectivity index (χ4n) is 11.2. The van der Waals surface area contributed by atoms with E-state index < -0.39 is 13.3 Å². The van der Waals surface area contributed by atoms with Gasteiger partial charge in [0.15, 0.2) is 0 Å². The van der Waals surface area contributed by atoms with E-state index in [-0.39, 0.29) is 21.7 Å². The summed E-state index contributed by atoms with van der Waals surface area (Å²) in [5.74, 6) is 7.67. The third-order valence-corrected chi connectivity index (χ3v) is 22.8. The molecule has 0 aliphatic carbocycles. The summed E-state index contributed by atoms with van der Waals surface area (Å²) >= 11 is -2.69. The number of rotatable bonds is 7. The smallest absolute Gasteiger partial charge is 0.0132 e. The molecule has 2 aliphatic heterocycles. The molecular formula is C66H70GeN4O. The largest absolute Gasteiger partial charge is 0.0561 e. The van der Waals surface area contributed by atoms with Gasteiger partial charge in [-0.3, -0.25) is 0 Å². The number of ether oxygens (including phenoxy) is 1. The topological polar surface area (TPSA) is 33.5 Å². The second-order valence-electron chi connectivity index (χ2n) is 25.1. The van der Waals surface area contributed by atoms with Gasteiger partial charge in [0, 0.05) is 0 Å². The second kappa shape index (κ2) is 16.7. The van der Waals surface area contributed by atoms with Gasteiger partial charge in [0.25, 0.3) is 0 Å². The fourth-order valence-corrected chi connectivity index (χ4v) is 17.6. The molecular weight excluding hydrogens is 937 g/mol. The number of pyridine rings is 1. The number of benzene rings is 7. The van der Waals surface area contributed by atoms with Crippen LogP contribution in [-0.2, 0) is 21.7 Å². The van der Waals surface area contributed by atoms with Gasteiger partial charge in [0.2, 0.25) is 0 Å². The van der Waals surface area contributed by atoms with Crippen LogP contribution in [0.5, 0.6) is 11.5 Å². The minimum absolute atomic E-state index is 0.00903. The van der Waals surface area contributed by atoms with Crippen LogP contribution in [0.3, 0.4) is 0 Å². The van der Waals surface area contributed by atoms with Gasteiger partial charge in [-0.1, -0.05) is 111 Å². The van der Waals surface area contributed by atoms with E-state index >= 15 is 0 Å². The first kappa shape index (κ1) is 47.7. The Morgan fingerprint density at radius 1 is 0.458 bits per heavy atom. The van der Waals surface area contributed by atoms with Crippen molar-refractivity contribution in [3.05, 3.63) is 180 Å². The normalized spacial score (nSPS) is 14.5. The molecule has 0 radical (unpaired) electrons. The summed E-state index contributed by atoms with van der Waals surface area (Å²) < 4.78 is 12.5. The van der Waals surface area contributed by atoms with E-state index in [0.717, 1.165) is 34.2 Å². The average molecular weight is 1010 g/mol. The Morgan fingerprint density at radius 3 is 1.69 bits per heavy atom. The van der Waals surface area contributed by atoms with Crippen LogP contribution in [0.15, 0.2) is 158 Å². The van der Waals surface area contributed by atoms with E-state index in [2.05, 4.69) is 261 Å². The van der Waals surface area contributed by atoms with Gasteiger partial charge >= 0.3 is 266 Å². The summed E-state index contributed by atoms with van der Waals surface area (Å²) in [5.41, 5.74) is 17.0. The van der Waals surface area contributed by atoms with Crippen molar-refractivity contribution in [2.24, 2.45) is 0 Å². The molecule has 0 saturated heterocycles. The predicted molar refractivity (Wildman–Crippen MR) is 310 cm³/mol. The summed E-state index contributed by atoms with van der Waals surface area (Å²) in [6.07, 6.45) is 1.97. The Labute approximate surface area is 430 Å². The summed E-state index contributed by atoms with van der Waals surface area (Å²) in [5, 5.41) is 2.76. The Kier molecular flexibility index (Phi) is 11.1. The Bertz CT molecular complexity index is 3580. The van der Waals surface area contributed by atoms with Gasteiger partial charge in [-0.2, -0.15) is 0 Å². The van der Waals surface area contributed by atoms with Gasteiger partial charge in [0.1, 0.15) is 0 Å². The Hall–Kier alpha value is -6.57. The monoisotopic (exact) mass is 1010 g/mol. The maximum atomic E-state index is 7.10. The molecule has 72 heavy (non-hydrogen) atoms. The SMILES string of the molecule is CC(C)(C)c1cc(-c2cc(C(C)(C)C)cc(-c3ccccc3)c2N2CN(c3cccc(Oc4c[c]5c6c7[c](cccc7n(-c7cc(C(C)(C)C)ccn7)c6c4)[Ge]5([CH3])[CH3])c3)c3ccccc32)cc(C(C)(C)C)c1. The van der Waals surface area contributed by atoms with E-state index in [1.165, 1.54) is 81.0 Å². The van der Waals surface area contributed by atoms with E-state index in [9.17, 15) is 0 Å². The maximum absolute atomic E-state index is 7.10. The zero-order chi connectivity index (χ0) is 50.9. The van der Waals surface area contributed by atoms with Crippen LogP contribution in [0.4, 0.5) is 22.7 Å². The first-order valence-electron chi connectivity index (χ1n) is 25.9. The predicted octanol–water partition coefficient (Wildman–Crippen LogP) is 16.9. The Balaban J connectivity index is 1.05. The van der Waals surface area contributed by atoms with Crippen molar-refractivity contribution in [3.63, 3.8) is 0 Å². The number of nitrogens with zero attached hydrogens (tertiary/aromatic N) is 4. The van der Waals surface area contributed by atoms with Crippen molar-refractivity contribution in [3.8, 4) is 39.6 Å². The third-order valence-electron chi connectivity index (χ3n) is 15.5. The zero-order valence-corrected chi connectivity index (χ0v) is 47.0. The number of para-hydroxylation sites is 2. The van der Waals surface area contributed by atoms with Crippen molar-refractivity contribution in [1.82, 2.24) is 9.55 Å². The summed E-state index contributed by atoms with van der Waals surface area (Å²) in [6, 6.07) is 56.8. The Morgan fingerprint density at radius 2 is 1.04 bits per heavy atom. The third kappa shape index (κ3) is 8.13. The quantitative estimate of drug-likeness (QED) is 0.149. The molecule has 2 aromatic heterocycles. The first-order valence-corrected chi connectivity index (χ1v) is 32.2. The molecule has 0 atom stereocenters. The van der Waals surface area contributed by atoms with Crippen molar-refractivity contribution in [2.75, 3.05) is 16.5 Å². The van der Waals surface area contributed by atoms with Gasteiger partial charge in [-0.15, -0.1) is 0 Å². The van der Waals surface area contributed by atoms with Crippen molar-refractivity contribution < 1.29 is 4.74 Å². The summed E-state index contributed by atoms with van der Waals surface area (Å²) in [4.78, 5) is 10.0. The van der Waals surface area contributed by atoms with E-state index in [1.807, 2.05) is 6.20 Å². The number of hydrogen-bond donors (Lipinski definition) is 0. The standard InChI is InChI=1S/C66H70GeN4O/c1-63(2,3)44-30-31-68-59(37-44)71-57-29-21-26-53-60(57)61-54(67(53,13)14)39-50(40-58(61)71)72-49-25-20-24-48(38-49)69-41-70(56-28-19-18-27-55(56)69)62-51(42-22-16-15-17-23-42)35-47(66(10,11)12)36-52(62)43-32-45(64(4,5)6)34-46(33-43)65(7,8)9/h15-40H,41H2,1-14H3. The van der Waals surface area contributed by atoms with Crippen LogP contribution < -0.4 is 23.3 Å². The van der Waals surface area contributed by atoms with Gasteiger partial charge in [-0.25, -0.2) is 0 Å². The molecule has 364 valence electrons. The molecule has 0 amide bonds. The van der Waals surface area contributed by atoms with Gasteiger partial charge in [0.05, 0.1) is 0 Å². The first-order chi connectivity index (χ1) is 34.0. The van der Waals surface area contributed by atoms with Crippen LogP contribution in [0.1, 0.15) is 105 Å². The van der Waals surface area contributed by atoms with Crippen LogP contribution in [-0.4, -0.2) is 29.5 Å². The average Bonchev–Trinajstić information content (AvgIpc) is 3.96. The molecule has 0 saturated carbocycles.